The van der Waals surface area contributed by atoms with Crippen molar-refractivity contribution in [1.29, 1.82) is 0 Å². The molecule has 0 spiro atoms. The van der Waals surface area contributed by atoms with Gasteiger partial charge in [-0.15, -0.1) is 0 Å². The number of rotatable bonds is 3. The Kier molecular flexibility index (Phi) is 4.84. The van der Waals surface area contributed by atoms with Gasteiger partial charge in [-0.2, -0.15) is 0 Å². The van der Waals surface area contributed by atoms with E-state index in [0.717, 1.165) is 10.0 Å². The van der Waals surface area contributed by atoms with E-state index in [9.17, 15) is 10.1 Å². The summed E-state index contributed by atoms with van der Waals surface area (Å²) in [6.45, 7) is 1.65. The molecule has 2 aromatic carbocycles. The van der Waals surface area contributed by atoms with E-state index >= 15 is 0 Å². The average Bonchev–Trinajstić information content (AvgIpc) is 2.55. The standard InChI is InChI=1S/C16H14BrClN2O3/c17-13-4-2-1-3-12(13)16-10-19(7-8-23-16)14-6-5-11(18)9-15(14)20(21)22/h1-6,9,16H,7-8,10H2. The van der Waals surface area contributed by atoms with Gasteiger partial charge < -0.3 is 9.64 Å². The monoisotopic (exact) mass is 396 g/mol. The van der Waals surface area contributed by atoms with Gasteiger partial charge in [-0.25, -0.2) is 0 Å². The summed E-state index contributed by atoms with van der Waals surface area (Å²) in [5.74, 6) is 0. The number of halogens is 2. The first-order valence-electron chi connectivity index (χ1n) is 7.11. The van der Waals surface area contributed by atoms with Gasteiger partial charge in [0.1, 0.15) is 11.8 Å². The lowest BCUT2D eigenvalue weighted by molar-refractivity contribution is -0.384. The summed E-state index contributed by atoms with van der Waals surface area (Å²) in [7, 11) is 0. The third-order valence-corrected chi connectivity index (χ3v) is 4.75. The Balaban J connectivity index is 1.90. The van der Waals surface area contributed by atoms with E-state index < -0.39 is 4.92 Å². The summed E-state index contributed by atoms with van der Waals surface area (Å²) >= 11 is 9.42. The molecule has 0 N–H and O–H groups in total. The minimum atomic E-state index is -0.399. The SMILES string of the molecule is O=[N+]([O-])c1cc(Cl)ccc1N1CCOC(c2ccccc2Br)C1. The van der Waals surface area contributed by atoms with E-state index in [4.69, 9.17) is 16.3 Å². The Morgan fingerprint density at radius 3 is 2.83 bits per heavy atom. The van der Waals surface area contributed by atoms with Crippen LogP contribution in [0.3, 0.4) is 0 Å². The van der Waals surface area contributed by atoms with Gasteiger partial charge in [-0.05, 0) is 23.8 Å². The van der Waals surface area contributed by atoms with Gasteiger partial charge in [0.15, 0.2) is 0 Å². The molecular formula is C16H14BrClN2O3. The van der Waals surface area contributed by atoms with Gasteiger partial charge in [-0.3, -0.25) is 10.1 Å². The van der Waals surface area contributed by atoms with Crippen LogP contribution < -0.4 is 4.90 Å². The van der Waals surface area contributed by atoms with E-state index in [0.29, 0.717) is 30.4 Å². The molecule has 1 unspecified atom stereocenters. The fourth-order valence-corrected chi connectivity index (χ4v) is 3.41. The zero-order chi connectivity index (χ0) is 16.4. The molecule has 23 heavy (non-hydrogen) atoms. The van der Waals surface area contributed by atoms with Crippen LogP contribution in [0.5, 0.6) is 0 Å². The predicted molar refractivity (Wildman–Crippen MR) is 93.2 cm³/mol. The number of nitro benzene ring substituents is 1. The van der Waals surface area contributed by atoms with Gasteiger partial charge >= 0.3 is 0 Å². The molecule has 2 aromatic rings. The van der Waals surface area contributed by atoms with Crippen molar-refractivity contribution in [2.45, 2.75) is 6.10 Å². The van der Waals surface area contributed by atoms with Crippen molar-refractivity contribution in [3.63, 3.8) is 0 Å². The Morgan fingerprint density at radius 2 is 2.09 bits per heavy atom. The fraction of sp³-hybridized carbons (Fsp3) is 0.250. The van der Waals surface area contributed by atoms with Crippen LogP contribution in [0.25, 0.3) is 0 Å². The number of nitrogens with zero attached hydrogens (tertiary/aromatic N) is 2. The summed E-state index contributed by atoms with van der Waals surface area (Å²) < 4.78 is 6.82. The van der Waals surface area contributed by atoms with Gasteiger partial charge in [-0.1, -0.05) is 45.7 Å². The smallest absolute Gasteiger partial charge is 0.294 e. The highest BCUT2D eigenvalue weighted by Crippen LogP contribution is 2.35. The van der Waals surface area contributed by atoms with Crippen molar-refractivity contribution in [2.24, 2.45) is 0 Å². The topological polar surface area (TPSA) is 55.6 Å². The largest absolute Gasteiger partial charge is 0.370 e. The third-order valence-electron chi connectivity index (χ3n) is 3.79. The molecule has 1 atom stereocenters. The first-order chi connectivity index (χ1) is 11.1. The van der Waals surface area contributed by atoms with E-state index in [1.807, 2.05) is 29.2 Å². The minimum Gasteiger partial charge on any atom is -0.370 e. The normalized spacial score (nSPS) is 18.0. The molecule has 0 aromatic heterocycles. The molecule has 1 saturated heterocycles. The number of hydrogen-bond acceptors (Lipinski definition) is 4. The summed E-state index contributed by atoms with van der Waals surface area (Å²) in [4.78, 5) is 12.9. The van der Waals surface area contributed by atoms with Crippen molar-refractivity contribution >= 4 is 38.9 Å². The molecule has 7 heteroatoms. The molecule has 3 rings (SSSR count). The van der Waals surface area contributed by atoms with Gasteiger partial charge in [0.2, 0.25) is 0 Å². The number of anilines is 1. The molecule has 0 radical (unpaired) electrons. The molecule has 0 bridgehead atoms. The molecule has 0 aliphatic carbocycles. The van der Waals surface area contributed by atoms with Gasteiger partial charge in [0, 0.05) is 28.7 Å². The van der Waals surface area contributed by atoms with Crippen molar-refractivity contribution in [1.82, 2.24) is 0 Å². The number of nitro groups is 1. The first-order valence-corrected chi connectivity index (χ1v) is 8.28. The van der Waals surface area contributed by atoms with Crippen LogP contribution in [-0.2, 0) is 4.74 Å². The van der Waals surface area contributed by atoms with Crippen molar-refractivity contribution in [3.8, 4) is 0 Å². The number of benzene rings is 2. The molecule has 0 saturated carbocycles. The van der Waals surface area contributed by atoms with Crippen molar-refractivity contribution in [3.05, 3.63) is 67.6 Å². The number of ether oxygens (including phenoxy) is 1. The Labute approximate surface area is 147 Å². The lowest BCUT2D eigenvalue weighted by Crippen LogP contribution is -2.38. The van der Waals surface area contributed by atoms with E-state index in [2.05, 4.69) is 15.9 Å². The zero-order valence-electron chi connectivity index (χ0n) is 12.1. The number of morpholine rings is 1. The molecule has 1 aliphatic rings. The molecule has 0 amide bonds. The molecular weight excluding hydrogens is 384 g/mol. The van der Waals surface area contributed by atoms with Crippen LogP contribution in [-0.4, -0.2) is 24.6 Å². The average molecular weight is 398 g/mol. The highest BCUT2D eigenvalue weighted by Gasteiger charge is 2.27. The van der Waals surface area contributed by atoms with Gasteiger partial charge in [0.05, 0.1) is 11.5 Å². The maximum atomic E-state index is 11.3. The van der Waals surface area contributed by atoms with Crippen LogP contribution in [0, 0.1) is 10.1 Å². The minimum absolute atomic E-state index is 0.0188. The highest BCUT2D eigenvalue weighted by molar-refractivity contribution is 9.10. The molecule has 1 fully saturated rings. The fourth-order valence-electron chi connectivity index (χ4n) is 2.70. The van der Waals surface area contributed by atoms with E-state index in [-0.39, 0.29) is 11.8 Å². The van der Waals surface area contributed by atoms with Gasteiger partial charge in [0.25, 0.3) is 5.69 Å². The molecule has 120 valence electrons. The Bertz CT molecular complexity index is 741. The molecule has 1 heterocycles. The van der Waals surface area contributed by atoms with Crippen LogP contribution in [0.1, 0.15) is 11.7 Å². The Morgan fingerprint density at radius 1 is 1.30 bits per heavy atom. The first kappa shape index (κ1) is 16.2. The van der Waals surface area contributed by atoms with Crippen LogP contribution in [0.2, 0.25) is 5.02 Å². The Hall–Kier alpha value is -1.63. The number of hydrogen-bond donors (Lipinski definition) is 0. The summed E-state index contributed by atoms with van der Waals surface area (Å²) in [5.41, 5.74) is 1.62. The third kappa shape index (κ3) is 3.49. The molecule has 1 aliphatic heterocycles. The quantitative estimate of drug-likeness (QED) is 0.561. The second kappa shape index (κ2) is 6.86. The second-order valence-electron chi connectivity index (χ2n) is 5.22. The van der Waals surface area contributed by atoms with Crippen LogP contribution in [0.15, 0.2) is 46.9 Å². The van der Waals surface area contributed by atoms with E-state index in [1.54, 1.807) is 12.1 Å². The van der Waals surface area contributed by atoms with Crippen molar-refractivity contribution < 1.29 is 9.66 Å². The van der Waals surface area contributed by atoms with E-state index in [1.165, 1.54) is 6.07 Å². The summed E-state index contributed by atoms with van der Waals surface area (Å²) in [5, 5.41) is 11.7. The summed E-state index contributed by atoms with van der Waals surface area (Å²) in [6, 6.07) is 12.6. The van der Waals surface area contributed by atoms with Crippen LogP contribution >= 0.6 is 27.5 Å². The predicted octanol–water partition coefficient (Wildman–Crippen LogP) is 4.59. The maximum Gasteiger partial charge on any atom is 0.294 e. The van der Waals surface area contributed by atoms with Crippen LogP contribution in [0.4, 0.5) is 11.4 Å². The maximum absolute atomic E-state index is 11.3. The summed E-state index contributed by atoms with van der Waals surface area (Å²) in [6.07, 6.45) is -0.144. The molecule has 5 nitrogen and oxygen atoms in total. The zero-order valence-corrected chi connectivity index (χ0v) is 14.5. The second-order valence-corrected chi connectivity index (χ2v) is 6.51. The highest BCUT2D eigenvalue weighted by atomic mass is 79.9. The van der Waals surface area contributed by atoms with Crippen molar-refractivity contribution in [2.75, 3.05) is 24.6 Å². The lowest BCUT2D eigenvalue weighted by Gasteiger charge is -2.34. The lowest BCUT2D eigenvalue weighted by atomic mass is 10.1.